The standard InChI is InChI=1S/C71H43N5S2/c1-71(2,76-54-29-11-3-21-46(54)47-22-4-12-30-55(47)76)70-64(44-19-15-17-42(37-44)40-72)58(74-52-27-9-5-23-48(52)66-56(74)33-35-62-68(66)50-25-7-13-31-60(50)77-62)39-59(65(70)45-20-16-18-43(38-45)41-73)75-53-28-10-6-24-49(53)67-57(75)34-36-63-69(67)51-26-8-14-32-61(51)78-63/h3-39H,1-2H3. The van der Waals surface area contributed by atoms with E-state index in [0.717, 1.165) is 83.1 Å². The second kappa shape index (κ2) is 16.6. The van der Waals surface area contributed by atoms with Crippen LogP contribution in [0.15, 0.2) is 224 Å². The maximum absolute atomic E-state index is 10.8. The van der Waals surface area contributed by atoms with Gasteiger partial charge in [0.05, 0.1) is 62.2 Å². The number of hydrogen-bond donors (Lipinski definition) is 0. The van der Waals surface area contributed by atoms with E-state index in [9.17, 15) is 10.5 Å². The molecule has 0 atom stereocenters. The Bertz CT molecular complexity index is 5030. The first-order valence-electron chi connectivity index (χ1n) is 26.3. The molecule has 0 aliphatic rings. The number of para-hydroxylation sites is 4. The molecule has 0 amide bonds. The van der Waals surface area contributed by atoms with E-state index in [2.05, 4.69) is 240 Å². The van der Waals surface area contributed by atoms with Crippen LogP contribution in [0.3, 0.4) is 0 Å². The average Bonchev–Trinajstić information content (AvgIpc) is 4.48. The molecule has 0 radical (unpaired) electrons. The van der Waals surface area contributed by atoms with E-state index in [1.54, 1.807) is 0 Å². The molecule has 5 heterocycles. The van der Waals surface area contributed by atoms with Crippen molar-refractivity contribution in [2.45, 2.75) is 19.4 Å². The molecule has 0 bridgehead atoms. The number of nitrogens with zero attached hydrogens (tertiary/aromatic N) is 5. The molecular formula is C71H43N5S2. The first kappa shape index (κ1) is 44.5. The minimum Gasteiger partial charge on any atom is -0.331 e. The third-order valence-corrected chi connectivity index (χ3v) is 18.7. The van der Waals surface area contributed by atoms with Gasteiger partial charge in [-0.1, -0.05) is 133 Å². The van der Waals surface area contributed by atoms with Gasteiger partial charge in [0.1, 0.15) is 0 Å². The van der Waals surface area contributed by atoms with Gasteiger partial charge in [0.2, 0.25) is 0 Å². The van der Waals surface area contributed by atoms with Crippen LogP contribution in [0.5, 0.6) is 0 Å². The summed E-state index contributed by atoms with van der Waals surface area (Å²) in [6, 6.07) is 85.9. The van der Waals surface area contributed by atoms with E-state index in [1.807, 2.05) is 46.9 Å². The third kappa shape index (κ3) is 6.14. The molecule has 11 aromatic carbocycles. The van der Waals surface area contributed by atoms with Gasteiger partial charge in [0.15, 0.2) is 0 Å². The minimum absolute atomic E-state index is 0.569. The number of hydrogen-bond acceptors (Lipinski definition) is 4. The smallest absolute Gasteiger partial charge is 0.0991 e. The molecule has 16 rings (SSSR count). The summed E-state index contributed by atoms with van der Waals surface area (Å²) in [6.07, 6.45) is 0. The highest BCUT2D eigenvalue weighted by Gasteiger charge is 2.37. The van der Waals surface area contributed by atoms with E-state index in [1.165, 1.54) is 61.9 Å². The van der Waals surface area contributed by atoms with Crippen LogP contribution in [0.1, 0.15) is 30.5 Å². The molecule has 16 aromatic rings. The maximum atomic E-state index is 10.8. The van der Waals surface area contributed by atoms with Gasteiger partial charge < -0.3 is 13.7 Å². The Balaban J connectivity index is 1.19. The van der Waals surface area contributed by atoms with E-state index in [0.29, 0.717) is 11.1 Å². The fourth-order valence-corrected chi connectivity index (χ4v) is 15.6. The summed E-state index contributed by atoms with van der Waals surface area (Å²) in [5, 5.41) is 33.7. The fourth-order valence-electron chi connectivity index (χ4n) is 13.4. The highest BCUT2D eigenvalue weighted by Crippen LogP contribution is 2.54. The van der Waals surface area contributed by atoms with Crippen LogP contribution < -0.4 is 0 Å². The molecule has 0 aliphatic carbocycles. The zero-order chi connectivity index (χ0) is 52.0. The third-order valence-electron chi connectivity index (χ3n) is 16.4. The second-order valence-electron chi connectivity index (χ2n) is 20.9. The van der Waals surface area contributed by atoms with Crippen molar-refractivity contribution in [2.24, 2.45) is 0 Å². The summed E-state index contributed by atoms with van der Waals surface area (Å²) in [7, 11) is 0. The van der Waals surface area contributed by atoms with Gasteiger partial charge in [-0.25, -0.2) is 0 Å². The van der Waals surface area contributed by atoms with E-state index in [-0.39, 0.29) is 0 Å². The van der Waals surface area contributed by atoms with Gasteiger partial charge in [-0.05, 0) is 122 Å². The van der Waals surface area contributed by atoms with Crippen LogP contribution in [0.25, 0.3) is 139 Å². The first-order valence-corrected chi connectivity index (χ1v) is 27.9. The molecule has 0 spiro atoms. The molecule has 0 saturated heterocycles. The summed E-state index contributed by atoms with van der Waals surface area (Å²) < 4.78 is 12.6. The average molecular weight is 1030 g/mol. The largest absolute Gasteiger partial charge is 0.331 e. The molecule has 0 fully saturated rings. The fraction of sp³-hybridized carbons (Fsp3) is 0.0423. The molecule has 5 nitrogen and oxygen atoms in total. The number of benzene rings is 11. The molecular weight excluding hydrogens is 987 g/mol. The Hall–Kier alpha value is -9.76. The van der Waals surface area contributed by atoms with Gasteiger partial charge in [-0.2, -0.15) is 10.5 Å². The zero-order valence-corrected chi connectivity index (χ0v) is 44.0. The Morgan fingerprint density at radius 2 is 0.744 bits per heavy atom. The number of aromatic nitrogens is 3. The minimum atomic E-state index is -0.853. The van der Waals surface area contributed by atoms with Gasteiger partial charge in [-0.3, -0.25) is 0 Å². The highest BCUT2D eigenvalue weighted by atomic mass is 32.1. The number of thiophene rings is 2. The zero-order valence-electron chi connectivity index (χ0n) is 42.4. The molecule has 0 aliphatic heterocycles. The maximum Gasteiger partial charge on any atom is 0.0991 e. The SMILES string of the molecule is CC(C)(c1c(-c2cccc(C#N)c2)c(-n2c3ccccc3c3c4c(ccc32)sc2ccccc24)cc(-n2c3ccccc3c3c4c(ccc32)sc2ccccc24)c1-c1cccc(C#N)c1)n1c2ccccc2c2ccccc21. The van der Waals surface area contributed by atoms with Crippen molar-refractivity contribution in [3.05, 3.63) is 241 Å². The molecule has 0 N–H and O–H groups in total. The van der Waals surface area contributed by atoms with Crippen molar-refractivity contribution < 1.29 is 0 Å². The number of fused-ring (bicyclic) bond motifs is 17. The van der Waals surface area contributed by atoms with Crippen molar-refractivity contribution in [3.8, 4) is 45.8 Å². The molecule has 0 saturated carbocycles. The van der Waals surface area contributed by atoms with E-state index < -0.39 is 5.54 Å². The Kier molecular flexibility index (Phi) is 9.49. The Labute approximate surface area is 456 Å². The summed E-state index contributed by atoms with van der Waals surface area (Å²) in [4.78, 5) is 0. The van der Waals surface area contributed by atoms with Crippen LogP contribution in [-0.2, 0) is 5.54 Å². The van der Waals surface area contributed by atoms with Crippen molar-refractivity contribution in [1.29, 1.82) is 10.5 Å². The summed E-state index contributed by atoms with van der Waals surface area (Å²) in [5.74, 6) is 0. The van der Waals surface area contributed by atoms with Crippen molar-refractivity contribution in [2.75, 3.05) is 0 Å². The Morgan fingerprint density at radius 3 is 1.19 bits per heavy atom. The summed E-state index contributed by atoms with van der Waals surface area (Å²) in [5.41, 5.74) is 13.6. The molecule has 7 heteroatoms. The Morgan fingerprint density at radius 1 is 0.346 bits per heavy atom. The summed E-state index contributed by atoms with van der Waals surface area (Å²) >= 11 is 3.68. The van der Waals surface area contributed by atoms with E-state index >= 15 is 0 Å². The lowest BCUT2D eigenvalue weighted by molar-refractivity contribution is 0.467. The predicted molar refractivity (Wildman–Crippen MR) is 329 cm³/mol. The summed E-state index contributed by atoms with van der Waals surface area (Å²) in [6.45, 7) is 4.73. The quantitative estimate of drug-likeness (QED) is 0.167. The van der Waals surface area contributed by atoms with Gasteiger partial charge >= 0.3 is 0 Å². The lowest BCUT2D eigenvalue weighted by Crippen LogP contribution is -2.30. The van der Waals surface area contributed by atoms with Crippen LogP contribution in [0, 0.1) is 22.7 Å². The molecule has 364 valence electrons. The highest BCUT2D eigenvalue weighted by molar-refractivity contribution is 7.26. The van der Waals surface area contributed by atoms with Crippen molar-refractivity contribution in [3.63, 3.8) is 0 Å². The van der Waals surface area contributed by atoms with Gasteiger partial charge in [0, 0.05) is 94.8 Å². The van der Waals surface area contributed by atoms with Crippen LogP contribution >= 0.6 is 22.7 Å². The lowest BCUT2D eigenvalue weighted by Gasteiger charge is -2.37. The molecule has 0 unspecified atom stereocenters. The van der Waals surface area contributed by atoms with Gasteiger partial charge in [-0.15, -0.1) is 22.7 Å². The number of nitriles is 2. The van der Waals surface area contributed by atoms with E-state index in [4.69, 9.17) is 0 Å². The van der Waals surface area contributed by atoms with Crippen molar-refractivity contribution in [1.82, 2.24) is 13.7 Å². The topological polar surface area (TPSA) is 62.4 Å². The van der Waals surface area contributed by atoms with Crippen LogP contribution in [0.4, 0.5) is 0 Å². The molecule has 5 aromatic heterocycles. The van der Waals surface area contributed by atoms with Crippen molar-refractivity contribution >= 4 is 128 Å². The predicted octanol–water partition coefficient (Wildman–Crippen LogP) is 19.6. The molecule has 78 heavy (non-hydrogen) atoms. The van der Waals surface area contributed by atoms with Crippen LogP contribution in [0.2, 0.25) is 0 Å². The second-order valence-corrected chi connectivity index (χ2v) is 23.1. The monoisotopic (exact) mass is 1030 g/mol. The lowest BCUT2D eigenvalue weighted by atomic mass is 9.78. The normalized spacial score (nSPS) is 12.2. The number of rotatable bonds is 6. The van der Waals surface area contributed by atoms with Gasteiger partial charge in [0.25, 0.3) is 0 Å². The first-order chi connectivity index (χ1) is 38.4. The van der Waals surface area contributed by atoms with Crippen LogP contribution in [-0.4, -0.2) is 13.7 Å².